The summed E-state index contributed by atoms with van der Waals surface area (Å²) < 4.78 is 38.5. The standard InChI is InChI=1S/C30H36F2N2O3/c1-4-5-6-7-18-30(3,32)29(35)37-27-16-10-23(11-17-27)25-20-33-28(34-21-25)24-12-14-26(15-13-24)36-19-8-9-22(2)31/h10-17,20-22H,4-9,18-19H2,1-3H3/t22-,30-/m0/s1. The quantitative estimate of drug-likeness (QED) is 0.125. The number of alkyl halides is 2. The van der Waals surface area contributed by atoms with Crippen LogP contribution in [0.1, 0.15) is 65.7 Å². The van der Waals surface area contributed by atoms with Crippen molar-refractivity contribution in [1.82, 2.24) is 9.97 Å². The molecule has 0 aliphatic carbocycles. The molecule has 1 aromatic heterocycles. The van der Waals surface area contributed by atoms with E-state index in [0.29, 0.717) is 37.4 Å². The van der Waals surface area contributed by atoms with Gasteiger partial charge in [0.05, 0.1) is 12.8 Å². The maximum Gasteiger partial charge on any atom is 0.348 e. The summed E-state index contributed by atoms with van der Waals surface area (Å²) in [6.07, 6.45) is 7.59. The van der Waals surface area contributed by atoms with Gasteiger partial charge in [-0.3, -0.25) is 0 Å². The molecule has 2 atom stereocenters. The zero-order valence-corrected chi connectivity index (χ0v) is 21.9. The van der Waals surface area contributed by atoms with Crippen LogP contribution in [0.4, 0.5) is 8.78 Å². The van der Waals surface area contributed by atoms with Gasteiger partial charge < -0.3 is 9.47 Å². The molecule has 198 valence electrons. The van der Waals surface area contributed by atoms with E-state index in [1.165, 1.54) is 6.92 Å². The molecule has 3 rings (SSSR count). The first-order chi connectivity index (χ1) is 17.8. The summed E-state index contributed by atoms with van der Waals surface area (Å²) in [4.78, 5) is 21.2. The Morgan fingerprint density at radius 3 is 2.14 bits per heavy atom. The molecule has 0 radical (unpaired) electrons. The van der Waals surface area contributed by atoms with E-state index < -0.39 is 17.8 Å². The zero-order chi connectivity index (χ0) is 26.7. The molecule has 0 unspecified atom stereocenters. The third kappa shape index (κ3) is 8.92. The number of benzene rings is 2. The predicted octanol–water partition coefficient (Wildman–Crippen LogP) is 7.93. The van der Waals surface area contributed by atoms with Gasteiger partial charge >= 0.3 is 5.97 Å². The molecule has 0 fully saturated rings. The summed E-state index contributed by atoms with van der Waals surface area (Å²) >= 11 is 0. The molecule has 0 aliphatic heterocycles. The minimum Gasteiger partial charge on any atom is -0.494 e. The average molecular weight is 511 g/mol. The third-order valence-corrected chi connectivity index (χ3v) is 6.10. The predicted molar refractivity (Wildman–Crippen MR) is 142 cm³/mol. The first-order valence-electron chi connectivity index (χ1n) is 13.0. The van der Waals surface area contributed by atoms with Crippen LogP contribution >= 0.6 is 0 Å². The van der Waals surface area contributed by atoms with Crippen molar-refractivity contribution in [3.8, 4) is 34.0 Å². The monoisotopic (exact) mass is 510 g/mol. The Morgan fingerprint density at radius 2 is 1.51 bits per heavy atom. The summed E-state index contributed by atoms with van der Waals surface area (Å²) in [6.45, 7) is 5.39. The SMILES string of the molecule is CCCCCC[C@](C)(F)C(=O)Oc1ccc(-c2cnc(-c3ccc(OCCC[C@H](C)F)cc3)nc2)cc1. The van der Waals surface area contributed by atoms with Gasteiger partial charge in [0.15, 0.2) is 5.82 Å². The van der Waals surface area contributed by atoms with Crippen molar-refractivity contribution >= 4 is 5.97 Å². The van der Waals surface area contributed by atoms with E-state index in [0.717, 1.165) is 41.7 Å². The fourth-order valence-corrected chi connectivity index (χ4v) is 3.80. The number of carbonyl (C=O) groups excluding carboxylic acids is 1. The molecular weight excluding hydrogens is 474 g/mol. The largest absolute Gasteiger partial charge is 0.494 e. The van der Waals surface area contributed by atoms with Crippen LogP contribution in [0.15, 0.2) is 60.9 Å². The minimum absolute atomic E-state index is 0.156. The fourth-order valence-electron chi connectivity index (χ4n) is 3.80. The van der Waals surface area contributed by atoms with Crippen molar-refractivity contribution in [3.05, 3.63) is 60.9 Å². The zero-order valence-electron chi connectivity index (χ0n) is 21.9. The molecule has 0 amide bonds. The molecule has 0 aliphatic rings. The summed E-state index contributed by atoms with van der Waals surface area (Å²) in [5.41, 5.74) is 0.492. The Bertz CT molecular complexity index is 1100. The number of nitrogens with zero attached hydrogens (tertiary/aromatic N) is 2. The molecule has 0 saturated heterocycles. The van der Waals surface area contributed by atoms with Crippen LogP contribution in [0.2, 0.25) is 0 Å². The van der Waals surface area contributed by atoms with Crippen LogP contribution in [-0.2, 0) is 4.79 Å². The summed E-state index contributed by atoms with van der Waals surface area (Å²) in [5, 5.41) is 0. The fraction of sp³-hybridized carbons (Fsp3) is 0.433. The van der Waals surface area contributed by atoms with Crippen LogP contribution in [0.25, 0.3) is 22.5 Å². The molecule has 5 nitrogen and oxygen atoms in total. The lowest BCUT2D eigenvalue weighted by molar-refractivity contribution is -0.147. The Labute approximate surface area is 218 Å². The van der Waals surface area contributed by atoms with E-state index in [9.17, 15) is 13.6 Å². The van der Waals surface area contributed by atoms with Crippen LogP contribution in [-0.4, -0.2) is 34.4 Å². The number of hydrogen-bond donors (Lipinski definition) is 0. The minimum atomic E-state index is -2.01. The van der Waals surface area contributed by atoms with Gasteiger partial charge in [-0.1, -0.05) is 38.3 Å². The molecule has 3 aromatic rings. The second-order valence-corrected chi connectivity index (χ2v) is 9.51. The maximum absolute atomic E-state index is 14.7. The van der Waals surface area contributed by atoms with Crippen LogP contribution < -0.4 is 9.47 Å². The summed E-state index contributed by atoms with van der Waals surface area (Å²) in [6, 6.07) is 14.3. The van der Waals surface area contributed by atoms with Crippen molar-refractivity contribution in [2.75, 3.05) is 6.61 Å². The second kappa shape index (κ2) is 13.8. The first-order valence-corrected chi connectivity index (χ1v) is 13.0. The Hall–Kier alpha value is -3.35. The molecule has 0 bridgehead atoms. The topological polar surface area (TPSA) is 61.3 Å². The van der Waals surface area contributed by atoms with Gasteiger partial charge in [0.2, 0.25) is 5.67 Å². The lowest BCUT2D eigenvalue weighted by Gasteiger charge is -2.18. The van der Waals surface area contributed by atoms with Crippen molar-refractivity contribution in [3.63, 3.8) is 0 Å². The Balaban J connectivity index is 1.54. The Morgan fingerprint density at radius 1 is 0.892 bits per heavy atom. The molecule has 0 saturated carbocycles. The molecule has 7 heteroatoms. The third-order valence-electron chi connectivity index (χ3n) is 6.10. The second-order valence-electron chi connectivity index (χ2n) is 9.51. The number of ether oxygens (including phenoxy) is 2. The van der Waals surface area contributed by atoms with Gasteiger partial charge in [-0.05, 0) is 81.5 Å². The highest BCUT2D eigenvalue weighted by Gasteiger charge is 2.34. The molecule has 0 spiro atoms. The number of esters is 1. The molecule has 37 heavy (non-hydrogen) atoms. The van der Waals surface area contributed by atoms with Crippen LogP contribution in [0.5, 0.6) is 11.5 Å². The van der Waals surface area contributed by atoms with Gasteiger partial charge in [-0.25, -0.2) is 23.5 Å². The molecule has 2 aromatic carbocycles. The average Bonchev–Trinajstić information content (AvgIpc) is 2.90. The van der Waals surface area contributed by atoms with Gasteiger partial charge in [-0.2, -0.15) is 0 Å². The first kappa shape index (κ1) is 28.2. The lowest BCUT2D eigenvalue weighted by atomic mass is 10.00. The number of aromatic nitrogens is 2. The van der Waals surface area contributed by atoms with Crippen LogP contribution in [0.3, 0.4) is 0 Å². The highest BCUT2D eigenvalue weighted by atomic mass is 19.1. The highest BCUT2D eigenvalue weighted by molar-refractivity contribution is 5.81. The normalized spacial score (nSPS) is 13.5. The Kier molecular flexibility index (Phi) is 10.5. The maximum atomic E-state index is 14.7. The number of hydrogen-bond acceptors (Lipinski definition) is 5. The van der Waals surface area contributed by atoms with E-state index in [1.807, 2.05) is 24.3 Å². The van der Waals surface area contributed by atoms with Crippen molar-refractivity contribution < 1.29 is 23.0 Å². The summed E-state index contributed by atoms with van der Waals surface area (Å²) in [7, 11) is 0. The van der Waals surface area contributed by atoms with Gasteiger partial charge in [0.1, 0.15) is 11.5 Å². The molecule has 0 N–H and O–H groups in total. The van der Waals surface area contributed by atoms with Gasteiger partial charge in [0, 0.05) is 23.5 Å². The van der Waals surface area contributed by atoms with E-state index in [2.05, 4.69) is 16.9 Å². The van der Waals surface area contributed by atoms with Gasteiger partial charge in [0.25, 0.3) is 0 Å². The van der Waals surface area contributed by atoms with Crippen molar-refractivity contribution in [2.45, 2.75) is 77.6 Å². The van der Waals surface area contributed by atoms with E-state index in [-0.39, 0.29) is 6.42 Å². The number of rotatable bonds is 14. The smallest absolute Gasteiger partial charge is 0.348 e. The van der Waals surface area contributed by atoms with E-state index in [1.54, 1.807) is 43.6 Å². The summed E-state index contributed by atoms with van der Waals surface area (Å²) in [5.74, 6) is 0.728. The van der Waals surface area contributed by atoms with Crippen LogP contribution in [0, 0.1) is 0 Å². The van der Waals surface area contributed by atoms with Crippen molar-refractivity contribution in [1.29, 1.82) is 0 Å². The van der Waals surface area contributed by atoms with Gasteiger partial charge in [-0.15, -0.1) is 0 Å². The molecular formula is C30H36F2N2O3. The number of halogens is 2. The number of unbranched alkanes of at least 4 members (excludes halogenated alkanes) is 3. The van der Waals surface area contributed by atoms with E-state index >= 15 is 0 Å². The van der Waals surface area contributed by atoms with Crippen molar-refractivity contribution in [2.24, 2.45) is 0 Å². The lowest BCUT2D eigenvalue weighted by Crippen LogP contribution is -2.34. The highest BCUT2D eigenvalue weighted by Crippen LogP contribution is 2.27. The number of carbonyl (C=O) groups is 1. The van der Waals surface area contributed by atoms with E-state index in [4.69, 9.17) is 9.47 Å². The molecule has 1 heterocycles.